The Labute approximate surface area is 170 Å². The number of nitrogens with one attached hydrogen (secondary N) is 1. The van der Waals surface area contributed by atoms with Gasteiger partial charge in [0.1, 0.15) is 6.54 Å². The van der Waals surface area contributed by atoms with Gasteiger partial charge in [-0.15, -0.1) is 0 Å². The van der Waals surface area contributed by atoms with E-state index in [4.69, 9.17) is 4.98 Å². The van der Waals surface area contributed by atoms with Gasteiger partial charge in [0.25, 0.3) is 5.56 Å². The van der Waals surface area contributed by atoms with Crippen molar-refractivity contribution in [3.8, 4) is 0 Å². The number of piperazine rings is 1. The van der Waals surface area contributed by atoms with Gasteiger partial charge in [-0.3, -0.25) is 14.6 Å². The predicted molar refractivity (Wildman–Crippen MR) is 111 cm³/mol. The monoisotopic (exact) mass is 396 g/mol. The topological polar surface area (TPSA) is 83.4 Å². The first-order valence-electron chi connectivity index (χ1n) is 10.3. The van der Waals surface area contributed by atoms with Gasteiger partial charge in [0.2, 0.25) is 5.91 Å². The van der Waals surface area contributed by atoms with Crippen molar-refractivity contribution >= 4 is 11.6 Å². The van der Waals surface area contributed by atoms with Crippen LogP contribution in [0.15, 0.2) is 29.1 Å². The molecule has 2 fully saturated rings. The molecule has 0 spiro atoms. The van der Waals surface area contributed by atoms with Crippen molar-refractivity contribution in [3.05, 3.63) is 51.7 Å². The molecule has 0 unspecified atom stereocenters. The molecule has 8 nitrogen and oxygen atoms in total. The van der Waals surface area contributed by atoms with Crippen LogP contribution in [0.2, 0.25) is 0 Å². The van der Waals surface area contributed by atoms with Gasteiger partial charge in [0.15, 0.2) is 0 Å². The minimum Gasteiger partial charge on any atom is -0.368 e. The standard InChI is InChI=1S/C21H28N6O2/c1-15-3-4-20(28)27(24-15)14-21(29)26-9-7-25(8-10-26)18-11-16(2)23-19(12-18)17-5-6-22-13-17/h3-4,11-12,17,22H,5-10,13-14H2,1-2H3/t17-/m1/s1. The van der Waals surface area contributed by atoms with E-state index in [-0.39, 0.29) is 18.0 Å². The Morgan fingerprint density at radius 3 is 2.66 bits per heavy atom. The van der Waals surface area contributed by atoms with Crippen LogP contribution in [0.5, 0.6) is 0 Å². The largest absolute Gasteiger partial charge is 0.368 e. The van der Waals surface area contributed by atoms with E-state index in [9.17, 15) is 9.59 Å². The van der Waals surface area contributed by atoms with Gasteiger partial charge >= 0.3 is 0 Å². The van der Waals surface area contributed by atoms with Gasteiger partial charge < -0.3 is 15.1 Å². The molecule has 2 aliphatic heterocycles. The second-order valence-electron chi connectivity index (χ2n) is 7.92. The van der Waals surface area contributed by atoms with E-state index >= 15 is 0 Å². The fourth-order valence-electron chi connectivity index (χ4n) is 4.08. The molecule has 1 atom stereocenters. The summed E-state index contributed by atoms with van der Waals surface area (Å²) in [5.41, 5.74) is 3.86. The first kappa shape index (κ1) is 19.6. The number of hydrogen-bond acceptors (Lipinski definition) is 6. The maximum atomic E-state index is 12.6. The summed E-state index contributed by atoms with van der Waals surface area (Å²) in [6.45, 7) is 8.71. The highest BCUT2D eigenvalue weighted by molar-refractivity contribution is 5.76. The summed E-state index contributed by atoms with van der Waals surface area (Å²) in [5.74, 6) is 0.421. The number of aromatic nitrogens is 3. The molecule has 0 aliphatic carbocycles. The molecule has 0 radical (unpaired) electrons. The van der Waals surface area contributed by atoms with Crippen molar-refractivity contribution in [1.29, 1.82) is 0 Å². The molecule has 1 amide bonds. The molecule has 2 aliphatic rings. The molecule has 4 heterocycles. The van der Waals surface area contributed by atoms with E-state index in [0.717, 1.165) is 49.7 Å². The maximum Gasteiger partial charge on any atom is 0.267 e. The highest BCUT2D eigenvalue weighted by Crippen LogP contribution is 2.26. The lowest BCUT2D eigenvalue weighted by molar-refractivity contribution is -0.132. The number of rotatable bonds is 4. The Morgan fingerprint density at radius 1 is 1.14 bits per heavy atom. The van der Waals surface area contributed by atoms with Gasteiger partial charge in [0, 0.05) is 61.8 Å². The number of carbonyl (C=O) groups is 1. The fraction of sp³-hybridized carbons (Fsp3) is 0.524. The second kappa shape index (κ2) is 8.32. The number of anilines is 1. The molecular formula is C21H28N6O2. The van der Waals surface area contributed by atoms with Crippen molar-refractivity contribution in [2.75, 3.05) is 44.2 Å². The third-order valence-electron chi connectivity index (χ3n) is 5.72. The number of amides is 1. The summed E-state index contributed by atoms with van der Waals surface area (Å²) in [6.07, 6.45) is 1.13. The van der Waals surface area contributed by atoms with Crippen molar-refractivity contribution in [2.24, 2.45) is 0 Å². The number of nitrogens with zero attached hydrogens (tertiary/aromatic N) is 5. The Kier molecular flexibility index (Phi) is 5.62. The summed E-state index contributed by atoms with van der Waals surface area (Å²) >= 11 is 0. The number of carbonyl (C=O) groups excluding carboxylic acids is 1. The van der Waals surface area contributed by atoms with E-state index in [1.165, 1.54) is 16.4 Å². The van der Waals surface area contributed by atoms with Crippen LogP contribution in [0.3, 0.4) is 0 Å². The first-order chi connectivity index (χ1) is 14.0. The van der Waals surface area contributed by atoms with E-state index in [1.807, 2.05) is 18.7 Å². The molecular weight excluding hydrogens is 368 g/mol. The lowest BCUT2D eigenvalue weighted by Crippen LogP contribution is -2.50. The lowest BCUT2D eigenvalue weighted by Gasteiger charge is -2.36. The van der Waals surface area contributed by atoms with Crippen LogP contribution in [0.1, 0.15) is 29.4 Å². The van der Waals surface area contributed by atoms with Crippen molar-refractivity contribution in [3.63, 3.8) is 0 Å². The summed E-state index contributed by atoms with van der Waals surface area (Å²) in [5, 5.41) is 7.57. The SMILES string of the molecule is Cc1cc(N2CCN(C(=O)Cn3nc(C)ccc3=O)CC2)cc([C@@H]2CCNC2)n1. The minimum absolute atomic E-state index is 0.00624. The fourth-order valence-corrected chi connectivity index (χ4v) is 4.08. The van der Waals surface area contributed by atoms with Crippen LogP contribution >= 0.6 is 0 Å². The average molecular weight is 396 g/mol. The molecule has 0 aromatic carbocycles. The van der Waals surface area contributed by atoms with E-state index < -0.39 is 0 Å². The maximum absolute atomic E-state index is 12.6. The van der Waals surface area contributed by atoms with Gasteiger partial charge in [-0.25, -0.2) is 4.68 Å². The molecule has 0 saturated carbocycles. The Balaban J connectivity index is 1.39. The van der Waals surface area contributed by atoms with Crippen molar-refractivity contribution in [2.45, 2.75) is 32.7 Å². The lowest BCUT2D eigenvalue weighted by atomic mass is 10.0. The molecule has 1 N–H and O–H groups in total. The summed E-state index contributed by atoms with van der Waals surface area (Å²) in [4.78, 5) is 33.4. The van der Waals surface area contributed by atoms with Crippen LogP contribution in [0, 0.1) is 13.8 Å². The van der Waals surface area contributed by atoms with E-state index in [0.29, 0.717) is 19.0 Å². The van der Waals surface area contributed by atoms with Crippen molar-refractivity contribution in [1.82, 2.24) is 25.0 Å². The zero-order chi connectivity index (χ0) is 20.4. The molecule has 0 bridgehead atoms. The second-order valence-corrected chi connectivity index (χ2v) is 7.92. The predicted octanol–water partition coefficient (Wildman–Crippen LogP) is 0.681. The average Bonchev–Trinajstić information content (AvgIpc) is 3.25. The highest BCUT2D eigenvalue weighted by atomic mass is 16.2. The molecule has 154 valence electrons. The zero-order valence-electron chi connectivity index (χ0n) is 17.1. The molecule has 2 aromatic rings. The third kappa shape index (κ3) is 4.48. The normalized spacial score (nSPS) is 19.6. The van der Waals surface area contributed by atoms with Crippen LogP contribution in [0.25, 0.3) is 0 Å². The van der Waals surface area contributed by atoms with Crippen LogP contribution in [0.4, 0.5) is 5.69 Å². The van der Waals surface area contributed by atoms with Crippen LogP contribution in [-0.2, 0) is 11.3 Å². The van der Waals surface area contributed by atoms with E-state index in [2.05, 4.69) is 27.4 Å². The molecule has 29 heavy (non-hydrogen) atoms. The van der Waals surface area contributed by atoms with Gasteiger partial charge in [-0.05, 0) is 45.0 Å². The first-order valence-corrected chi connectivity index (χ1v) is 10.3. The number of pyridine rings is 1. The quantitative estimate of drug-likeness (QED) is 0.818. The zero-order valence-corrected chi connectivity index (χ0v) is 17.1. The molecule has 2 saturated heterocycles. The summed E-state index contributed by atoms with van der Waals surface area (Å²) in [7, 11) is 0. The third-order valence-corrected chi connectivity index (χ3v) is 5.72. The Hall–Kier alpha value is -2.74. The van der Waals surface area contributed by atoms with Gasteiger partial charge in [0.05, 0.1) is 5.69 Å². The van der Waals surface area contributed by atoms with Crippen LogP contribution in [-0.4, -0.2) is 64.8 Å². The highest BCUT2D eigenvalue weighted by Gasteiger charge is 2.24. The van der Waals surface area contributed by atoms with Gasteiger partial charge in [-0.1, -0.05) is 0 Å². The minimum atomic E-state index is -0.247. The van der Waals surface area contributed by atoms with Crippen LogP contribution < -0.4 is 15.8 Å². The number of hydrogen-bond donors (Lipinski definition) is 1. The molecule has 4 rings (SSSR count). The molecule has 2 aromatic heterocycles. The summed E-state index contributed by atoms with van der Waals surface area (Å²) < 4.78 is 1.25. The Bertz CT molecular complexity index is 942. The summed E-state index contributed by atoms with van der Waals surface area (Å²) in [6, 6.07) is 7.45. The van der Waals surface area contributed by atoms with Gasteiger partial charge in [-0.2, -0.15) is 5.10 Å². The smallest absolute Gasteiger partial charge is 0.267 e. The Morgan fingerprint density at radius 2 is 1.93 bits per heavy atom. The number of aryl methyl sites for hydroxylation is 2. The molecule has 8 heteroatoms. The van der Waals surface area contributed by atoms with E-state index in [1.54, 1.807) is 6.07 Å². The van der Waals surface area contributed by atoms with Crippen molar-refractivity contribution < 1.29 is 4.79 Å².